The van der Waals surface area contributed by atoms with Gasteiger partial charge in [-0.2, -0.15) is 0 Å². The molecule has 2 aromatic rings. The average molecular weight is 317 g/mol. The summed E-state index contributed by atoms with van der Waals surface area (Å²) in [4.78, 5) is 14.8. The molecule has 1 aliphatic rings. The van der Waals surface area contributed by atoms with E-state index in [1.807, 2.05) is 12.1 Å². The van der Waals surface area contributed by atoms with Crippen molar-refractivity contribution in [2.75, 3.05) is 19.6 Å². The molecule has 0 radical (unpaired) electrons. The molecule has 1 amide bonds. The fourth-order valence-electron chi connectivity index (χ4n) is 3.21. The molecule has 0 saturated carbocycles. The Hall–Kier alpha value is -2.08. The van der Waals surface area contributed by atoms with Crippen LogP contribution in [-0.2, 0) is 0 Å². The number of carbonyl (C=O) groups is 1. The van der Waals surface area contributed by atoms with Crippen LogP contribution < -0.4 is 5.32 Å². The predicted molar refractivity (Wildman–Crippen MR) is 85.2 cm³/mol. The molecule has 124 valence electrons. The highest BCUT2D eigenvalue weighted by atomic mass is 16.5. The molecule has 0 unspecified atom stereocenters. The van der Waals surface area contributed by atoms with Crippen LogP contribution in [0.1, 0.15) is 52.9 Å². The number of furan rings is 1. The first kappa shape index (κ1) is 15.8. The van der Waals surface area contributed by atoms with Gasteiger partial charge in [-0.3, -0.25) is 9.69 Å². The van der Waals surface area contributed by atoms with Crippen molar-refractivity contribution in [1.29, 1.82) is 0 Å². The van der Waals surface area contributed by atoms with Crippen LogP contribution in [0.4, 0.5) is 0 Å². The molecule has 1 fully saturated rings. The maximum absolute atomic E-state index is 12.4. The smallest absolute Gasteiger partial charge is 0.256 e. The van der Waals surface area contributed by atoms with Crippen molar-refractivity contribution in [2.24, 2.45) is 0 Å². The van der Waals surface area contributed by atoms with E-state index in [4.69, 9.17) is 8.94 Å². The maximum atomic E-state index is 12.4. The van der Waals surface area contributed by atoms with Crippen LogP contribution in [0.2, 0.25) is 0 Å². The lowest BCUT2D eigenvalue weighted by atomic mass is 10.1. The third kappa shape index (κ3) is 3.47. The summed E-state index contributed by atoms with van der Waals surface area (Å²) in [6.45, 7) is 6.11. The van der Waals surface area contributed by atoms with E-state index in [1.165, 1.54) is 19.3 Å². The highest BCUT2D eigenvalue weighted by molar-refractivity contribution is 5.96. The highest BCUT2D eigenvalue weighted by Gasteiger charge is 2.26. The van der Waals surface area contributed by atoms with Gasteiger partial charge in [-0.15, -0.1) is 0 Å². The Labute approximate surface area is 135 Å². The van der Waals surface area contributed by atoms with Gasteiger partial charge in [-0.05, 0) is 51.9 Å². The second-order valence-corrected chi connectivity index (χ2v) is 6.04. The standard InChI is InChI=1S/C17H23N3O3/c1-12-16(13(2)23-19-12)17(21)18-11-14(15-7-6-10-22-15)20-8-4-3-5-9-20/h6-7,10,14H,3-5,8-9,11H2,1-2H3,(H,18,21)/t14-/m1/s1. The topological polar surface area (TPSA) is 71.5 Å². The summed E-state index contributed by atoms with van der Waals surface area (Å²) in [5.41, 5.74) is 1.15. The third-order valence-corrected chi connectivity index (χ3v) is 4.42. The highest BCUT2D eigenvalue weighted by Crippen LogP contribution is 2.24. The molecule has 1 atom stereocenters. The van der Waals surface area contributed by atoms with Crippen LogP contribution in [0.3, 0.4) is 0 Å². The summed E-state index contributed by atoms with van der Waals surface area (Å²) in [6.07, 6.45) is 5.33. The second kappa shape index (κ2) is 7.00. The van der Waals surface area contributed by atoms with E-state index in [-0.39, 0.29) is 11.9 Å². The first-order valence-corrected chi connectivity index (χ1v) is 8.15. The van der Waals surface area contributed by atoms with Crippen LogP contribution in [0.5, 0.6) is 0 Å². The molecular formula is C17H23N3O3. The molecule has 0 bridgehead atoms. The molecule has 1 N–H and O–H groups in total. The number of aromatic nitrogens is 1. The Morgan fingerprint density at radius 2 is 2.13 bits per heavy atom. The molecule has 0 spiro atoms. The van der Waals surface area contributed by atoms with E-state index in [0.29, 0.717) is 23.6 Å². The average Bonchev–Trinajstić information content (AvgIpc) is 3.19. The second-order valence-electron chi connectivity index (χ2n) is 6.04. The lowest BCUT2D eigenvalue weighted by Gasteiger charge is -2.33. The summed E-state index contributed by atoms with van der Waals surface area (Å²) in [6, 6.07) is 3.93. The van der Waals surface area contributed by atoms with Gasteiger partial charge in [0.1, 0.15) is 17.1 Å². The molecule has 23 heavy (non-hydrogen) atoms. The number of rotatable bonds is 5. The molecule has 1 saturated heterocycles. The normalized spacial score (nSPS) is 17.1. The number of amides is 1. The SMILES string of the molecule is Cc1noc(C)c1C(=O)NC[C@H](c1ccco1)N1CCCCC1. The van der Waals surface area contributed by atoms with Gasteiger partial charge in [0.15, 0.2) is 0 Å². The van der Waals surface area contributed by atoms with Crippen molar-refractivity contribution in [3.05, 3.63) is 41.2 Å². The number of piperidine rings is 1. The quantitative estimate of drug-likeness (QED) is 0.918. The Balaban J connectivity index is 1.70. The van der Waals surface area contributed by atoms with Crippen molar-refractivity contribution in [2.45, 2.75) is 39.2 Å². The van der Waals surface area contributed by atoms with Crippen LogP contribution in [0, 0.1) is 13.8 Å². The number of hydrogen-bond acceptors (Lipinski definition) is 5. The molecule has 3 rings (SSSR count). The van der Waals surface area contributed by atoms with Gasteiger partial charge in [0, 0.05) is 6.54 Å². The van der Waals surface area contributed by atoms with Gasteiger partial charge in [0.25, 0.3) is 5.91 Å². The van der Waals surface area contributed by atoms with Gasteiger partial charge >= 0.3 is 0 Å². The number of nitrogens with zero attached hydrogens (tertiary/aromatic N) is 2. The molecule has 0 aromatic carbocycles. The fourth-order valence-corrected chi connectivity index (χ4v) is 3.21. The predicted octanol–water partition coefficient (Wildman–Crippen LogP) is 2.84. The Morgan fingerprint density at radius 1 is 1.35 bits per heavy atom. The van der Waals surface area contributed by atoms with E-state index < -0.39 is 0 Å². The summed E-state index contributed by atoms with van der Waals surface area (Å²) in [5, 5.41) is 6.85. The molecule has 0 aliphatic carbocycles. The third-order valence-electron chi connectivity index (χ3n) is 4.42. The summed E-state index contributed by atoms with van der Waals surface area (Å²) in [5.74, 6) is 1.30. The molecule has 2 aromatic heterocycles. The van der Waals surface area contributed by atoms with Crippen molar-refractivity contribution in [1.82, 2.24) is 15.4 Å². The van der Waals surface area contributed by atoms with Crippen LogP contribution in [0.25, 0.3) is 0 Å². The van der Waals surface area contributed by atoms with Gasteiger partial charge in [-0.1, -0.05) is 11.6 Å². The minimum Gasteiger partial charge on any atom is -0.468 e. The first-order valence-electron chi connectivity index (χ1n) is 8.15. The van der Waals surface area contributed by atoms with E-state index in [2.05, 4.69) is 15.4 Å². The zero-order chi connectivity index (χ0) is 16.2. The van der Waals surface area contributed by atoms with Gasteiger partial charge in [0.05, 0.1) is 18.0 Å². The number of hydrogen-bond donors (Lipinski definition) is 1. The minimum absolute atomic E-state index is 0.0646. The zero-order valence-corrected chi connectivity index (χ0v) is 13.7. The molecular weight excluding hydrogens is 294 g/mol. The van der Waals surface area contributed by atoms with Crippen molar-refractivity contribution in [3.63, 3.8) is 0 Å². The zero-order valence-electron chi connectivity index (χ0n) is 13.7. The number of carbonyl (C=O) groups excluding carboxylic acids is 1. The van der Waals surface area contributed by atoms with Crippen molar-refractivity contribution in [3.8, 4) is 0 Å². The Morgan fingerprint density at radius 3 is 2.74 bits per heavy atom. The molecule has 1 aliphatic heterocycles. The van der Waals surface area contributed by atoms with Gasteiger partial charge < -0.3 is 14.3 Å². The summed E-state index contributed by atoms with van der Waals surface area (Å²) >= 11 is 0. The number of aryl methyl sites for hydroxylation is 2. The number of nitrogens with one attached hydrogen (secondary N) is 1. The molecule has 3 heterocycles. The Kier molecular flexibility index (Phi) is 4.81. The van der Waals surface area contributed by atoms with Crippen molar-refractivity contribution < 1.29 is 13.7 Å². The molecule has 6 heteroatoms. The van der Waals surface area contributed by atoms with E-state index in [9.17, 15) is 4.79 Å². The van der Waals surface area contributed by atoms with Gasteiger partial charge in [-0.25, -0.2) is 0 Å². The Bertz CT molecular complexity index is 623. The fraction of sp³-hybridized carbons (Fsp3) is 0.529. The van der Waals surface area contributed by atoms with E-state index in [0.717, 1.165) is 18.8 Å². The maximum Gasteiger partial charge on any atom is 0.256 e. The van der Waals surface area contributed by atoms with Crippen molar-refractivity contribution >= 4 is 5.91 Å². The first-order chi connectivity index (χ1) is 11.2. The largest absolute Gasteiger partial charge is 0.468 e. The van der Waals surface area contributed by atoms with E-state index in [1.54, 1.807) is 20.1 Å². The van der Waals surface area contributed by atoms with Gasteiger partial charge in [0.2, 0.25) is 0 Å². The lowest BCUT2D eigenvalue weighted by molar-refractivity contribution is 0.0912. The van der Waals surface area contributed by atoms with E-state index >= 15 is 0 Å². The monoisotopic (exact) mass is 317 g/mol. The summed E-state index contributed by atoms with van der Waals surface area (Å²) < 4.78 is 10.7. The minimum atomic E-state index is -0.144. The van der Waals surface area contributed by atoms with Crippen LogP contribution >= 0.6 is 0 Å². The molecule has 6 nitrogen and oxygen atoms in total. The van der Waals surface area contributed by atoms with Crippen LogP contribution in [0.15, 0.2) is 27.3 Å². The summed E-state index contributed by atoms with van der Waals surface area (Å²) in [7, 11) is 0. The number of likely N-dealkylation sites (tertiary alicyclic amines) is 1. The van der Waals surface area contributed by atoms with Crippen LogP contribution in [-0.4, -0.2) is 35.6 Å². The lowest BCUT2D eigenvalue weighted by Crippen LogP contribution is -2.40.